The van der Waals surface area contributed by atoms with E-state index in [1.54, 1.807) is 17.4 Å². The van der Waals surface area contributed by atoms with Gasteiger partial charge in [0.15, 0.2) is 6.61 Å². The summed E-state index contributed by atoms with van der Waals surface area (Å²) < 4.78 is 10.9. The Hall–Kier alpha value is -3.19. The minimum atomic E-state index is -0.447. The summed E-state index contributed by atoms with van der Waals surface area (Å²) in [6, 6.07) is 15.3. The summed E-state index contributed by atoms with van der Waals surface area (Å²) in [7, 11) is 0. The molecule has 0 bridgehead atoms. The first-order chi connectivity index (χ1) is 14.1. The summed E-state index contributed by atoms with van der Waals surface area (Å²) in [5.41, 5.74) is 3.35. The molecule has 148 valence electrons. The van der Waals surface area contributed by atoms with E-state index < -0.39 is 5.97 Å². The topological polar surface area (TPSA) is 68.7 Å². The molecule has 0 unspecified atom stereocenters. The first-order valence-corrected chi connectivity index (χ1v) is 10.2. The van der Waals surface area contributed by atoms with Crippen LogP contribution in [0.25, 0.3) is 11.3 Å². The zero-order valence-corrected chi connectivity index (χ0v) is 16.8. The van der Waals surface area contributed by atoms with E-state index in [1.165, 1.54) is 4.90 Å². The smallest absolute Gasteiger partial charge is 0.326 e. The van der Waals surface area contributed by atoms with Crippen molar-refractivity contribution in [3.05, 3.63) is 64.5 Å². The molecule has 1 aliphatic heterocycles. The van der Waals surface area contributed by atoms with Crippen LogP contribution >= 0.6 is 11.3 Å². The normalized spacial score (nSPS) is 13.0. The van der Waals surface area contributed by atoms with Crippen molar-refractivity contribution < 1.29 is 19.1 Å². The molecule has 0 aliphatic carbocycles. The molecule has 0 N–H and O–H groups in total. The Kier molecular flexibility index (Phi) is 5.57. The van der Waals surface area contributed by atoms with Gasteiger partial charge in [-0.25, -0.2) is 4.98 Å². The summed E-state index contributed by atoms with van der Waals surface area (Å²) in [6.07, 6.45) is 0.632. The fourth-order valence-corrected chi connectivity index (χ4v) is 3.75. The van der Waals surface area contributed by atoms with Crippen molar-refractivity contribution in [3.8, 4) is 17.0 Å². The van der Waals surface area contributed by atoms with Crippen LogP contribution in [0.2, 0.25) is 0 Å². The van der Waals surface area contributed by atoms with Crippen molar-refractivity contribution >= 4 is 28.9 Å². The van der Waals surface area contributed by atoms with Gasteiger partial charge in [-0.1, -0.05) is 30.3 Å². The number of benzene rings is 2. The van der Waals surface area contributed by atoms with Crippen LogP contribution in [0.4, 0.5) is 5.69 Å². The van der Waals surface area contributed by atoms with Gasteiger partial charge in [-0.2, -0.15) is 0 Å². The van der Waals surface area contributed by atoms with Crippen molar-refractivity contribution in [3.63, 3.8) is 0 Å². The predicted octanol–water partition coefficient (Wildman–Crippen LogP) is 3.63. The molecule has 2 aromatic carbocycles. The number of amides is 1. The van der Waals surface area contributed by atoms with Gasteiger partial charge in [0.25, 0.3) is 5.91 Å². The third-order valence-corrected chi connectivity index (χ3v) is 5.37. The second kappa shape index (κ2) is 8.45. The Bertz CT molecular complexity index is 1030. The van der Waals surface area contributed by atoms with E-state index >= 15 is 0 Å². The molecule has 0 atom stereocenters. The maximum absolute atomic E-state index is 12.4. The second-order valence-electron chi connectivity index (χ2n) is 6.66. The van der Waals surface area contributed by atoms with E-state index in [9.17, 15) is 9.59 Å². The standard InChI is InChI=1S/C22H20N2O4S/c1-15-23-18(14-29-15)17-7-8-20-19(11-17)24(21(25)13-28-20)12-22(26)27-10-9-16-5-3-2-4-6-16/h2-8,11,14H,9-10,12-13H2,1H3. The molecule has 3 aromatic rings. The van der Waals surface area contributed by atoms with E-state index in [4.69, 9.17) is 9.47 Å². The van der Waals surface area contributed by atoms with E-state index in [-0.39, 0.29) is 25.7 Å². The number of carbonyl (C=O) groups is 2. The third-order valence-electron chi connectivity index (χ3n) is 4.60. The van der Waals surface area contributed by atoms with Crippen LogP contribution in [0, 0.1) is 6.92 Å². The lowest BCUT2D eigenvalue weighted by Crippen LogP contribution is -2.42. The van der Waals surface area contributed by atoms with Gasteiger partial charge in [-0.3, -0.25) is 14.5 Å². The monoisotopic (exact) mass is 408 g/mol. The van der Waals surface area contributed by atoms with E-state index in [0.29, 0.717) is 17.9 Å². The van der Waals surface area contributed by atoms with Gasteiger partial charge >= 0.3 is 5.97 Å². The maximum Gasteiger partial charge on any atom is 0.326 e. The molecule has 7 heteroatoms. The molecule has 0 radical (unpaired) electrons. The number of carbonyl (C=O) groups excluding carboxylic acids is 2. The zero-order chi connectivity index (χ0) is 20.2. The lowest BCUT2D eigenvalue weighted by atomic mass is 10.1. The van der Waals surface area contributed by atoms with Crippen LogP contribution in [0.15, 0.2) is 53.9 Å². The molecule has 0 spiro atoms. The number of hydrogen-bond donors (Lipinski definition) is 0. The van der Waals surface area contributed by atoms with Gasteiger partial charge in [0.1, 0.15) is 12.3 Å². The Labute approximate surface area is 172 Å². The SMILES string of the molecule is Cc1nc(-c2ccc3c(c2)N(CC(=O)OCCc2ccccc2)C(=O)CO3)cs1. The summed E-state index contributed by atoms with van der Waals surface area (Å²) in [5, 5.41) is 2.92. The molecular formula is C22H20N2O4S. The molecule has 1 amide bonds. The molecule has 1 aromatic heterocycles. The van der Waals surface area contributed by atoms with Crippen LogP contribution in [-0.2, 0) is 20.7 Å². The molecule has 6 nitrogen and oxygen atoms in total. The number of aromatic nitrogens is 1. The van der Waals surface area contributed by atoms with Gasteiger partial charge in [0.05, 0.1) is 23.0 Å². The number of fused-ring (bicyclic) bond motifs is 1. The minimum absolute atomic E-state index is 0.0978. The first kappa shape index (κ1) is 19.1. The molecule has 0 saturated heterocycles. The number of rotatable bonds is 6. The highest BCUT2D eigenvalue weighted by molar-refractivity contribution is 7.09. The van der Waals surface area contributed by atoms with Crippen molar-refractivity contribution in [2.45, 2.75) is 13.3 Å². The average Bonchev–Trinajstić information content (AvgIpc) is 3.17. The highest BCUT2D eigenvalue weighted by atomic mass is 32.1. The third kappa shape index (κ3) is 4.46. The molecule has 1 aliphatic rings. The molecule has 0 saturated carbocycles. The highest BCUT2D eigenvalue weighted by Crippen LogP contribution is 2.36. The number of nitrogens with zero attached hydrogens (tertiary/aromatic N) is 2. The second-order valence-corrected chi connectivity index (χ2v) is 7.72. The molecule has 4 rings (SSSR count). The Morgan fingerprint density at radius 3 is 2.83 bits per heavy atom. The highest BCUT2D eigenvalue weighted by Gasteiger charge is 2.28. The largest absolute Gasteiger partial charge is 0.482 e. The van der Waals surface area contributed by atoms with Crippen LogP contribution < -0.4 is 9.64 Å². The van der Waals surface area contributed by atoms with E-state index in [0.717, 1.165) is 21.8 Å². The Morgan fingerprint density at radius 2 is 2.07 bits per heavy atom. The number of aryl methyl sites for hydroxylation is 1. The van der Waals surface area contributed by atoms with Gasteiger partial charge in [0, 0.05) is 17.4 Å². The number of ether oxygens (including phenoxy) is 2. The molecule has 0 fully saturated rings. The molecular weight excluding hydrogens is 388 g/mol. The predicted molar refractivity (Wildman–Crippen MR) is 111 cm³/mol. The fraction of sp³-hybridized carbons (Fsp3) is 0.227. The number of anilines is 1. The summed E-state index contributed by atoms with van der Waals surface area (Å²) in [6.45, 7) is 1.96. The first-order valence-electron chi connectivity index (χ1n) is 9.29. The van der Waals surface area contributed by atoms with Gasteiger partial charge in [0.2, 0.25) is 0 Å². The van der Waals surface area contributed by atoms with Crippen molar-refractivity contribution in [1.82, 2.24) is 4.98 Å². The lowest BCUT2D eigenvalue weighted by molar-refractivity contribution is -0.143. The van der Waals surface area contributed by atoms with Gasteiger partial charge in [-0.15, -0.1) is 11.3 Å². The van der Waals surface area contributed by atoms with E-state index in [1.807, 2.05) is 54.8 Å². The summed E-state index contributed by atoms with van der Waals surface area (Å²) >= 11 is 1.56. The lowest BCUT2D eigenvalue weighted by Gasteiger charge is -2.29. The average molecular weight is 408 g/mol. The number of thiazole rings is 1. The van der Waals surface area contributed by atoms with Crippen molar-refractivity contribution in [2.75, 3.05) is 24.7 Å². The van der Waals surface area contributed by atoms with Crippen LogP contribution in [0.3, 0.4) is 0 Å². The number of hydrogen-bond acceptors (Lipinski definition) is 6. The Morgan fingerprint density at radius 1 is 1.24 bits per heavy atom. The fourth-order valence-electron chi connectivity index (χ4n) is 3.13. The zero-order valence-electron chi connectivity index (χ0n) is 16.0. The Balaban J connectivity index is 1.46. The molecule has 2 heterocycles. The van der Waals surface area contributed by atoms with Crippen molar-refractivity contribution in [2.24, 2.45) is 0 Å². The minimum Gasteiger partial charge on any atom is -0.482 e. The quantitative estimate of drug-likeness (QED) is 0.583. The van der Waals surface area contributed by atoms with Crippen LogP contribution in [-0.4, -0.2) is 36.6 Å². The van der Waals surface area contributed by atoms with E-state index in [2.05, 4.69) is 4.98 Å². The van der Waals surface area contributed by atoms with Gasteiger partial charge < -0.3 is 9.47 Å². The van der Waals surface area contributed by atoms with Gasteiger partial charge in [-0.05, 0) is 30.7 Å². The summed E-state index contributed by atoms with van der Waals surface area (Å²) in [4.78, 5) is 30.7. The molecule has 29 heavy (non-hydrogen) atoms. The number of esters is 1. The maximum atomic E-state index is 12.4. The van der Waals surface area contributed by atoms with Crippen molar-refractivity contribution in [1.29, 1.82) is 0 Å². The summed E-state index contributed by atoms with van der Waals surface area (Å²) in [5.74, 6) is -0.154. The van der Waals surface area contributed by atoms with Crippen LogP contribution in [0.1, 0.15) is 10.6 Å². The van der Waals surface area contributed by atoms with Crippen LogP contribution in [0.5, 0.6) is 5.75 Å².